The van der Waals surface area contributed by atoms with Crippen LogP contribution in [0.4, 0.5) is 0 Å². The molecule has 2 nitrogen and oxygen atoms in total. The Hall–Kier alpha value is -0.340. The highest BCUT2D eigenvalue weighted by Gasteiger charge is 2.60. The second-order valence-corrected chi connectivity index (χ2v) is 10.9. The molecule has 0 amide bonds. The Morgan fingerprint density at radius 3 is 2.30 bits per heavy atom. The van der Waals surface area contributed by atoms with Crippen molar-refractivity contribution < 1.29 is 0 Å². The molecule has 9 unspecified atom stereocenters. The zero-order chi connectivity index (χ0) is 19.8. The molecule has 4 fully saturated rings. The highest BCUT2D eigenvalue weighted by molar-refractivity contribution is 5.09. The second kappa shape index (κ2) is 8.19. The third-order valence-corrected chi connectivity index (χ3v) is 10.3. The van der Waals surface area contributed by atoms with Gasteiger partial charge in [0.05, 0.1) is 0 Å². The average Bonchev–Trinajstić information content (AvgIpc) is 3.05. The molecule has 0 spiro atoms. The van der Waals surface area contributed by atoms with Crippen LogP contribution in [-0.4, -0.2) is 6.04 Å². The molecule has 0 radical (unpaired) electrons. The summed E-state index contributed by atoms with van der Waals surface area (Å²) in [6.07, 6.45) is 14.4. The van der Waals surface area contributed by atoms with Crippen molar-refractivity contribution in [2.45, 2.75) is 97.9 Å². The van der Waals surface area contributed by atoms with Crippen LogP contribution in [0.1, 0.15) is 91.9 Å². The van der Waals surface area contributed by atoms with Gasteiger partial charge < -0.3 is 0 Å². The largest absolute Gasteiger partial charge is 0.271 e. The number of hydrogen-bond acceptors (Lipinski definition) is 2. The highest BCUT2D eigenvalue weighted by Crippen LogP contribution is 2.68. The van der Waals surface area contributed by atoms with Crippen molar-refractivity contribution in [3.05, 3.63) is 13.2 Å². The summed E-state index contributed by atoms with van der Waals surface area (Å²) < 4.78 is 0. The third-order valence-electron chi connectivity index (χ3n) is 10.3. The van der Waals surface area contributed by atoms with E-state index in [1.54, 1.807) is 0 Å². The first-order valence-electron chi connectivity index (χ1n) is 11.9. The summed E-state index contributed by atoms with van der Waals surface area (Å²) in [5, 5.41) is 0. The van der Waals surface area contributed by atoms with Gasteiger partial charge in [0.2, 0.25) is 0 Å². The number of nitrogens with two attached hydrogens (primary N) is 1. The van der Waals surface area contributed by atoms with Crippen molar-refractivity contribution in [2.75, 3.05) is 0 Å². The quantitative estimate of drug-likeness (QED) is 0.344. The highest BCUT2D eigenvalue weighted by atomic mass is 15.2. The van der Waals surface area contributed by atoms with Crippen molar-refractivity contribution >= 4 is 0 Å². The lowest BCUT2D eigenvalue weighted by Gasteiger charge is -2.61. The molecule has 27 heavy (non-hydrogen) atoms. The lowest BCUT2D eigenvalue weighted by Crippen LogP contribution is -2.55. The molecule has 156 valence electrons. The summed E-state index contributed by atoms with van der Waals surface area (Å²) in [5.41, 5.74) is 4.35. The van der Waals surface area contributed by atoms with Gasteiger partial charge in [0.25, 0.3) is 0 Å². The number of hydrazine groups is 1. The minimum absolute atomic E-state index is 0.574. The van der Waals surface area contributed by atoms with Gasteiger partial charge >= 0.3 is 0 Å². The molecule has 0 heterocycles. The molecule has 4 saturated carbocycles. The van der Waals surface area contributed by atoms with Crippen molar-refractivity contribution in [3.8, 4) is 0 Å². The number of nitrogens with one attached hydrogen (secondary N) is 1. The van der Waals surface area contributed by atoms with E-state index in [1.165, 1.54) is 64.2 Å². The van der Waals surface area contributed by atoms with E-state index in [1.807, 2.05) is 0 Å². The normalized spacial score (nSPS) is 49.8. The Bertz CT molecular complexity index is 505. The standard InChI is InChI=1S/C23H42N2.C2H4/c1-5-15(2)19-8-9-20-18-7-6-16-14-17(25-24)10-12-22(16,3)21(18)11-13-23(19,20)4;1-2/h15-21,25H,5-14,24H2,1-4H3;1-2H2. The fraction of sp³-hybridized carbons (Fsp3) is 0.920. The van der Waals surface area contributed by atoms with E-state index in [2.05, 4.69) is 46.3 Å². The first kappa shape index (κ1) is 21.4. The van der Waals surface area contributed by atoms with Crippen molar-refractivity contribution in [1.29, 1.82) is 0 Å². The molecule has 0 saturated heterocycles. The van der Waals surface area contributed by atoms with Crippen LogP contribution in [0.25, 0.3) is 0 Å². The van der Waals surface area contributed by atoms with Crippen LogP contribution < -0.4 is 11.3 Å². The summed E-state index contributed by atoms with van der Waals surface area (Å²) in [7, 11) is 0. The fourth-order valence-electron chi connectivity index (χ4n) is 8.67. The summed E-state index contributed by atoms with van der Waals surface area (Å²) >= 11 is 0. The van der Waals surface area contributed by atoms with Gasteiger partial charge in [-0.15, -0.1) is 13.2 Å². The Balaban J connectivity index is 0.00000102. The summed E-state index contributed by atoms with van der Waals surface area (Å²) in [6.45, 7) is 16.3. The van der Waals surface area contributed by atoms with Crippen molar-refractivity contribution in [2.24, 2.45) is 52.2 Å². The van der Waals surface area contributed by atoms with Gasteiger partial charge in [-0.1, -0.05) is 34.1 Å². The maximum atomic E-state index is 5.79. The van der Waals surface area contributed by atoms with E-state index in [0.717, 1.165) is 35.5 Å². The van der Waals surface area contributed by atoms with Gasteiger partial charge in [-0.2, -0.15) is 0 Å². The van der Waals surface area contributed by atoms with Crippen molar-refractivity contribution in [3.63, 3.8) is 0 Å². The first-order chi connectivity index (χ1) is 12.9. The minimum Gasteiger partial charge on any atom is -0.271 e. The molecule has 9 atom stereocenters. The van der Waals surface area contributed by atoms with Crippen LogP contribution >= 0.6 is 0 Å². The average molecular weight is 375 g/mol. The fourth-order valence-corrected chi connectivity index (χ4v) is 8.67. The zero-order valence-corrected chi connectivity index (χ0v) is 18.6. The van der Waals surface area contributed by atoms with E-state index < -0.39 is 0 Å². The van der Waals surface area contributed by atoms with E-state index in [-0.39, 0.29) is 0 Å². The number of rotatable bonds is 3. The minimum atomic E-state index is 0.574. The van der Waals surface area contributed by atoms with Gasteiger partial charge in [-0.25, -0.2) is 0 Å². The second-order valence-electron chi connectivity index (χ2n) is 10.9. The molecule has 4 aliphatic carbocycles. The van der Waals surface area contributed by atoms with Crippen LogP contribution in [0.15, 0.2) is 13.2 Å². The van der Waals surface area contributed by atoms with Gasteiger partial charge in [-0.05, 0) is 104 Å². The molecule has 0 aliphatic heterocycles. The molecule has 0 aromatic carbocycles. The molecule has 0 bridgehead atoms. The van der Waals surface area contributed by atoms with Crippen LogP contribution in [0.2, 0.25) is 0 Å². The zero-order valence-electron chi connectivity index (χ0n) is 18.6. The summed E-state index contributed by atoms with van der Waals surface area (Å²) in [4.78, 5) is 0. The van der Waals surface area contributed by atoms with Crippen molar-refractivity contribution in [1.82, 2.24) is 5.43 Å². The Morgan fingerprint density at radius 1 is 0.963 bits per heavy atom. The lowest BCUT2D eigenvalue weighted by atomic mass is 9.44. The Kier molecular flexibility index (Phi) is 6.48. The van der Waals surface area contributed by atoms with Crippen LogP contribution in [-0.2, 0) is 0 Å². The molecule has 0 aromatic rings. The molecule has 4 rings (SSSR count). The summed E-state index contributed by atoms with van der Waals surface area (Å²) in [5.74, 6) is 11.7. The van der Waals surface area contributed by atoms with E-state index in [0.29, 0.717) is 16.9 Å². The molecule has 4 aliphatic rings. The monoisotopic (exact) mass is 374 g/mol. The van der Waals surface area contributed by atoms with Crippen LogP contribution in [0, 0.1) is 46.3 Å². The maximum absolute atomic E-state index is 5.79. The molecular formula is C25H46N2. The van der Waals surface area contributed by atoms with Crippen LogP contribution in [0.3, 0.4) is 0 Å². The predicted molar refractivity (Wildman–Crippen MR) is 117 cm³/mol. The first-order valence-corrected chi connectivity index (χ1v) is 11.9. The molecule has 0 aromatic heterocycles. The number of hydrogen-bond donors (Lipinski definition) is 2. The van der Waals surface area contributed by atoms with E-state index in [9.17, 15) is 0 Å². The van der Waals surface area contributed by atoms with E-state index >= 15 is 0 Å². The molecular weight excluding hydrogens is 328 g/mol. The SMILES string of the molecule is C=C.CCC(C)C1CCC2C3CCC4CC(NN)CCC4(C)C3CCC12C. The Labute approximate surface area is 169 Å². The van der Waals surface area contributed by atoms with Gasteiger partial charge in [0, 0.05) is 6.04 Å². The smallest absolute Gasteiger partial charge is 0.0213 e. The van der Waals surface area contributed by atoms with Gasteiger partial charge in [-0.3, -0.25) is 11.3 Å². The molecule has 2 heteroatoms. The molecule has 3 N–H and O–H groups in total. The third kappa shape index (κ3) is 3.33. The van der Waals surface area contributed by atoms with Gasteiger partial charge in [0.1, 0.15) is 0 Å². The van der Waals surface area contributed by atoms with Gasteiger partial charge in [0.15, 0.2) is 0 Å². The predicted octanol–water partition coefficient (Wildman–Crippen LogP) is 6.33. The summed E-state index contributed by atoms with van der Waals surface area (Å²) in [6, 6.07) is 0.574. The lowest BCUT2D eigenvalue weighted by molar-refractivity contribution is -0.117. The maximum Gasteiger partial charge on any atom is 0.0213 e. The topological polar surface area (TPSA) is 38.0 Å². The Morgan fingerprint density at radius 2 is 1.63 bits per heavy atom. The van der Waals surface area contributed by atoms with Crippen LogP contribution in [0.5, 0.6) is 0 Å². The number of fused-ring (bicyclic) bond motifs is 5. The van der Waals surface area contributed by atoms with E-state index in [4.69, 9.17) is 5.84 Å².